The van der Waals surface area contributed by atoms with Crippen LogP contribution in [0.3, 0.4) is 0 Å². The van der Waals surface area contributed by atoms with E-state index < -0.39 is 0 Å². The number of thioether (sulfide) groups is 1. The maximum Gasteiger partial charge on any atom is 0.179 e. The summed E-state index contributed by atoms with van der Waals surface area (Å²) in [6.07, 6.45) is 1.95. The van der Waals surface area contributed by atoms with Gasteiger partial charge in [-0.05, 0) is 44.7 Å². The van der Waals surface area contributed by atoms with Gasteiger partial charge in [0.25, 0.3) is 0 Å². The molecular formula is C14H18FN3S3. The molecule has 0 spiro atoms. The zero-order valence-electron chi connectivity index (χ0n) is 12.4. The van der Waals surface area contributed by atoms with Gasteiger partial charge in [0, 0.05) is 12.1 Å². The fourth-order valence-corrected chi connectivity index (χ4v) is 3.92. The minimum absolute atomic E-state index is 0.0185. The first kappa shape index (κ1) is 16.7. The van der Waals surface area contributed by atoms with Gasteiger partial charge in [0.2, 0.25) is 0 Å². The van der Waals surface area contributed by atoms with Gasteiger partial charge in [-0.15, -0.1) is 10.2 Å². The highest BCUT2D eigenvalue weighted by Crippen LogP contribution is 2.34. The molecule has 21 heavy (non-hydrogen) atoms. The average Bonchev–Trinajstić information content (AvgIpc) is 2.86. The predicted molar refractivity (Wildman–Crippen MR) is 88.8 cm³/mol. The zero-order chi connectivity index (χ0) is 15.5. The second kappa shape index (κ2) is 7.09. The van der Waals surface area contributed by atoms with Crippen LogP contribution in [0.4, 0.5) is 4.39 Å². The molecule has 1 heterocycles. The van der Waals surface area contributed by atoms with Crippen molar-refractivity contribution in [2.75, 3.05) is 6.26 Å². The van der Waals surface area contributed by atoms with Gasteiger partial charge in [0.05, 0.1) is 4.90 Å². The van der Waals surface area contributed by atoms with Gasteiger partial charge in [-0.2, -0.15) is 0 Å². The van der Waals surface area contributed by atoms with E-state index >= 15 is 0 Å². The van der Waals surface area contributed by atoms with Crippen molar-refractivity contribution in [1.29, 1.82) is 0 Å². The molecule has 0 fully saturated rings. The molecule has 0 aliphatic rings. The molecule has 1 N–H and O–H groups in total. The Morgan fingerprint density at radius 1 is 1.24 bits per heavy atom. The highest BCUT2D eigenvalue weighted by molar-refractivity contribution is 8.03. The van der Waals surface area contributed by atoms with Crippen molar-refractivity contribution in [3.63, 3.8) is 0 Å². The van der Waals surface area contributed by atoms with Gasteiger partial charge >= 0.3 is 0 Å². The molecule has 1 aromatic carbocycles. The Morgan fingerprint density at radius 3 is 2.52 bits per heavy atom. The quantitative estimate of drug-likeness (QED) is 0.813. The Morgan fingerprint density at radius 2 is 1.95 bits per heavy atom. The molecule has 3 nitrogen and oxygen atoms in total. The summed E-state index contributed by atoms with van der Waals surface area (Å²) < 4.78 is 15.8. The van der Waals surface area contributed by atoms with Crippen molar-refractivity contribution >= 4 is 34.9 Å². The third-order valence-corrected chi connectivity index (χ3v) is 5.58. The maximum absolute atomic E-state index is 14.1. The Labute approximate surface area is 137 Å². The lowest BCUT2D eigenvalue weighted by atomic mass is 10.1. The molecule has 0 radical (unpaired) electrons. The minimum atomic E-state index is -0.214. The largest absolute Gasteiger partial charge is 0.308 e. The van der Waals surface area contributed by atoms with E-state index in [-0.39, 0.29) is 11.4 Å². The summed E-state index contributed by atoms with van der Waals surface area (Å²) in [5.41, 5.74) is 0.957. The van der Waals surface area contributed by atoms with Crippen LogP contribution in [0, 0.1) is 5.82 Å². The average molecular weight is 344 g/mol. The van der Waals surface area contributed by atoms with E-state index in [1.165, 1.54) is 23.1 Å². The molecular weight excluding hydrogens is 325 g/mol. The van der Waals surface area contributed by atoms with Crippen LogP contribution in [0.1, 0.15) is 26.3 Å². The van der Waals surface area contributed by atoms with Gasteiger partial charge in [-0.3, -0.25) is 0 Å². The Bertz CT molecular complexity index is 608. The smallest absolute Gasteiger partial charge is 0.179 e. The number of nitrogens with one attached hydrogen (secondary N) is 1. The number of rotatable bonds is 5. The van der Waals surface area contributed by atoms with Crippen LogP contribution >= 0.6 is 34.9 Å². The number of benzene rings is 1. The number of hydrogen-bond acceptors (Lipinski definition) is 6. The van der Waals surface area contributed by atoms with Gasteiger partial charge in [-0.1, -0.05) is 40.9 Å². The van der Waals surface area contributed by atoms with Crippen molar-refractivity contribution in [1.82, 2.24) is 15.5 Å². The molecule has 0 bridgehead atoms. The van der Waals surface area contributed by atoms with E-state index in [1.54, 1.807) is 23.9 Å². The Hall–Kier alpha value is -0.630. The minimum Gasteiger partial charge on any atom is -0.308 e. The number of nitrogens with zero attached hydrogens (tertiary/aromatic N) is 2. The van der Waals surface area contributed by atoms with E-state index in [0.29, 0.717) is 11.4 Å². The molecule has 0 atom stereocenters. The van der Waals surface area contributed by atoms with E-state index in [4.69, 9.17) is 0 Å². The van der Waals surface area contributed by atoms with E-state index in [2.05, 4.69) is 36.3 Å². The Kier molecular flexibility index (Phi) is 5.65. The lowest BCUT2D eigenvalue weighted by Crippen LogP contribution is -2.35. The van der Waals surface area contributed by atoms with Crippen LogP contribution in [0.25, 0.3) is 0 Å². The first-order chi connectivity index (χ1) is 9.87. The summed E-state index contributed by atoms with van der Waals surface area (Å²) in [7, 11) is 0. The molecule has 0 aliphatic carbocycles. The number of aromatic nitrogens is 2. The summed E-state index contributed by atoms with van der Waals surface area (Å²) in [6.45, 7) is 6.92. The molecule has 1 aromatic heterocycles. The van der Waals surface area contributed by atoms with Crippen LogP contribution in [0.15, 0.2) is 31.8 Å². The zero-order valence-corrected chi connectivity index (χ0v) is 14.9. The monoisotopic (exact) mass is 343 g/mol. The summed E-state index contributed by atoms with van der Waals surface area (Å²) >= 11 is 4.34. The standard InChI is InChI=1S/C14H18FN3S3/c1-14(2,3)16-8-9-5-6-11(10(15)7-9)20-13-18-17-12(19-4)21-13/h5-7,16H,8H2,1-4H3. The van der Waals surface area contributed by atoms with Crippen LogP contribution < -0.4 is 5.32 Å². The lowest BCUT2D eigenvalue weighted by Gasteiger charge is -2.20. The first-order valence-electron chi connectivity index (χ1n) is 6.46. The van der Waals surface area contributed by atoms with Gasteiger partial charge in [0.1, 0.15) is 5.82 Å². The number of hydrogen-bond donors (Lipinski definition) is 1. The molecule has 0 saturated heterocycles. The predicted octanol–water partition coefficient (Wildman–Crippen LogP) is 4.44. The van der Waals surface area contributed by atoms with Crippen LogP contribution in [-0.2, 0) is 6.54 Å². The molecule has 7 heteroatoms. The van der Waals surface area contributed by atoms with Gasteiger partial charge < -0.3 is 5.32 Å². The molecule has 2 rings (SSSR count). The van der Waals surface area contributed by atoms with Crippen molar-refractivity contribution < 1.29 is 4.39 Å². The third kappa shape index (κ3) is 5.25. The first-order valence-corrected chi connectivity index (χ1v) is 9.32. The molecule has 0 unspecified atom stereocenters. The van der Waals surface area contributed by atoms with Crippen LogP contribution in [0.5, 0.6) is 0 Å². The van der Waals surface area contributed by atoms with Crippen molar-refractivity contribution in [2.24, 2.45) is 0 Å². The SMILES string of the molecule is CSc1nnc(Sc2ccc(CNC(C)(C)C)cc2F)s1. The fourth-order valence-electron chi connectivity index (χ4n) is 1.52. The molecule has 114 valence electrons. The lowest BCUT2D eigenvalue weighted by molar-refractivity contribution is 0.423. The van der Waals surface area contributed by atoms with Gasteiger partial charge in [-0.25, -0.2) is 4.39 Å². The third-order valence-electron chi connectivity index (χ3n) is 2.58. The fraction of sp³-hybridized carbons (Fsp3) is 0.429. The summed E-state index contributed by atoms with van der Waals surface area (Å²) in [5, 5.41) is 11.4. The second-order valence-electron chi connectivity index (χ2n) is 5.51. The summed E-state index contributed by atoms with van der Waals surface area (Å²) in [4.78, 5) is 0.582. The van der Waals surface area contributed by atoms with Crippen molar-refractivity contribution in [2.45, 2.75) is 46.4 Å². The normalized spacial score (nSPS) is 11.9. The van der Waals surface area contributed by atoms with Gasteiger partial charge in [0.15, 0.2) is 8.68 Å². The van der Waals surface area contributed by atoms with E-state index in [1.807, 2.05) is 12.3 Å². The molecule has 0 amide bonds. The van der Waals surface area contributed by atoms with Crippen molar-refractivity contribution in [3.05, 3.63) is 29.6 Å². The molecule has 2 aromatic rings. The maximum atomic E-state index is 14.1. The number of halogens is 1. The molecule has 0 aliphatic heterocycles. The summed E-state index contributed by atoms with van der Waals surface area (Å²) in [6, 6.07) is 5.33. The molecule has 0 saturated carbocycles. The van der Waals surface area contributed by atoms with Crippen LogP contribution in [0.2, 0.25) is 0 Å². The second-order valence-corrected chi connectivity index (χ2v) is 8.83. The summed E-state index contributed by atoms with van der Waals surface area (Å²) in [5.74, 6) is -0.214. The van der Waals surface area contributed by atoms with E-state index in [0.717, 1.165) is 14.2 Å². The topological polar surface area (TPSA) is 37.8 Å². The Balaban J connectivity index is 2.05. The van der Waals surface area contributed by atoms with E-state index in [9.17, 15) is 4.39 Å². The highest BCUT2D eigenvalue weighted by atomic mass is 32.2. The highest BCUT2D eigenvalue weighted by Gasteiger charge is 2.12. The van der Waals surface area contributed by atoms with Crippen LogP contribution in [-0.4, -0.2) is 22.0 Å². The van der Waals surface area contributed by atoms with Crippen molar-refractivity contribution in [3.8, 4) is 0 Å².